The van der Waals surface area contributed by atoms with Gasteiger partial charge in [0, 0.05) is 10.0 Å². The van der Waals surface area contributed by atoms with Crippen molar-refractivity contribution < 1.29 is 9.53 Å². The van der Waals surface area contributed by atoms with Gasteiger partial charge in [0.25, 0.3) is 0 Å². The number of hydrogen-bond donors (Lipinski definition) is 1. The van der Waals surface area contributed by atoms with Gasteiger partial charge in [-0.25, -0.2) is 0 Å². The average molecular weight is 463 g/mol. The van der Waals surface area contributed by atoms with Crippen LogP contribution in [0.15, 0.2) is 65.1 Å². The van der Waals surface area contributed by atoms with Crippen molar-refractivity contribution in [1.29, 1.82) is 0 Å². The summed E-state index contributed by atoms with van der Waals surface area (Å²) in [4.78, 5) is 13.4. The third-order valence-electron chi connectivity index (χ3n) is 4.51. The van der Waals surface area contributed by atoms with Crippen molar-refractivity contribution in [3.63, 3.8) is 0 Å². The molecule has 136 valence electrons. The summed E-state index contributed by atoms with van der Waals surface area (Å²) < 4.78 is 6.83. The van der Waals surface area contributed by atoms with E-state index >= 15 is 0 Å². The van der Waals surface area contributed by atoms with Crippen LogP contribution >= 0.6 is 39.1 Å². The molecule has 1 N–H and O–H groups in total. The SMILES string of the molecule is O=C(Nc1c(Cl)cccc1Cl)C1c2ccccc2COc2ccc(Br)cc21. The van der Waals surface area contributed by atoms with Crippen LogP contribution in [0.4, 0.5) is 5.69 Å². The highest BCUT2D eigenvalue weighted by atomic mass is 79.9. The smallest absolute Gasteiger partial charge is 0.236 e. The van der Waals surface area contributed by atoms with Crippen LogP contribution < -0.4 is 10.1 Å². The molecule has 1 aliphatic heterocycles. The van der Waals surface area contributed by atoms with E-state index in [4.69, 9.17) is 27.9 Å². The Morgan fingerprint density at radius 2 is 1.74 bits per heavy atom. The first-order chi connectivity index (χ1) is 13.0. The van der Waals surface area contributed by atoms with Crippen LogP contribution in [-0.4, -0.2) is 5.91 Å². The summed E-state index contributed by atoms with van der Waals surface area (Å²) in [5.74, 6) is -0.0920. The number of ether oxygens (including phenoxy) is 1. The largest absolute Gasteiger partial charge is 0.489 e. The number of para-hydroxylation sites is 1. The lowest BCUT2D eigenvalue weighted by Crippen LogP contribution is -2.23. The van der Waals surface area contributed by atoms with E-state index in [0.717, 1.165) is 21.2 Å². The van der Waals surface area contributed by atoms with Crippen LogP contribution in [0.25, 0.3) is 0 Å². The van der Waals surface area contributed by atoms with E-state index in [1.807, 2.05) is 42.5 Å². The third kappa shape index (κ3) is 3.57. The molecule has 0 spiro atoms. The number of carbonyl (C=O) groups excluding carboxylic acids is 1. The van der Waals surface area contributed by atoms with Gasteiger partial charge in [0.2, 0.25) is 5.91 Å². The molecule has 3 aromatic carbocycles. The summed E-state index contributed by atoms with van der Waals surface area (Å²) in [6.45, 7) is 0.404. The lowest BCUT2D eigenvalue weighted by molar-refractivity contribution is -0.116. The van der Waals surface area contributed by atoms with E-state index in [9.17, 15) is 4.79 Å². The number of benzene rings is 3. The van der Waals surface area contributed by atoms with E-state index < -0.39 is 5.92 Å². The Hall–Kier alpha value is -2.01. The molecule has 4 rings (SSSR count). The zero-order chi connectivity index (χ0) is 19.0. The molecule has 0 saturated carbocycles. The Labute approximate surface area is 175 Å². The van der Waals surface area contributed by atoms with Crippen molar-refractivity contribution in [3.8, 4) is 5.75 Å². The second kappa shape index (κ2) is 7.55. The van der Waals surface area contributed by atoms with Crippen molar-refractivity contribution in [3.05, 3.63) is 91.9 Å². The van der Waals surface area contributed by atoms with Crippen LogP contribution in [0.5, 0.6) is 5.75 Å². The van der Waals surface area contributed by atoms with E-state index in [1.54, 1.807) is 18.2 Å². The topological polar surface area (TPSA) is 38.3 Å². The summed E-state index contributed by atoms with van der Waals surface area (Å²) in [7, 11) is 0. The van der Waals surface area contributed by atoms with Crippen LogP contribution in [0.3, 0.4) is 0 Å². The molecular weight excluding hydrogens is 449 g/mol. The molecule has 0 aliphatic carbocycles. The van der Waals surface area contributed by atoms with Gasteiger partial charge in [-0.05, 0) is 41.5 Å². The Morgan fingerprint density at radius 3 is 2.52 bits per heavy atom. The highest BCUT2D eigenvalue weighted by molar-refractivity contribution is 9.10. The molecule has 0 bridgehead atoms. The number of nitrogens with one attached hydrogen (secondary N) is 1. The van der Waals surface area contributed by atoms with Crippen LogP contribution in [0.2, 0.25) is 10.0 Å². The summed E-state index contributed by atoms with van der Waals surface area (Å²) in [6.07, 6.45) is 0. The highest BCUT2D eigenvalue weighted by Gasteiger charge is 2.31. The van der Waals surface area contributed by atoms with Crippen molar-refractivity contribution >= 4 is 50.7 Å². The van der Waals surface area contributed by atoms with E-state index in [-0.39, 0.29) is 5.91 Å². The van der Waals surface area contributed by atoms with E-state index in [0.29, 0.717) is 28.1 Å². The monoisotopic (exact) mass is 461 g/mol. The van der Waals surface area contributed by atoms with Gasteiger partial charge in [0.15, 0.2) is 0 Å². The molecule has 0 radical (unpaired) electrons. The quantitative estimate of drug-likeness (QED) is 0.477. The fourth-order valence-electron chi connectivity index (χ4n) is 3.24. The fourth-order valence-corrected chi connectivity index (χ4v) is 4.11. The minimum atomic E-state index is -0.552. The lowest BCUT2D eigenvalue weighted by atomic mass is 9.87. The minimum Gasteiger partial charge on any atom is -0.489 e. The van der Waals surface area contributed by atoms with Gasteiger partial charge in [-0.1, -0.05) is 69.5 Å². The molecule has 1 heterocycles. The van der Waals surface area contributed by atoms with Crippen molar-refractivity contribution in [2.75, 3.05) is 5.32 Å². The van der Waals surface area contributed by atoms with E-state index in [1.165, 1.54) is 0 Å². The molecule has 0 aromatic heterocycles. The van der Waals surface area contributed by atoms with Crippen LogP contribution in [0, 0.1) is 0 Å². The molecule has 1 unspecified atom stereocenters. The van der Waals surface area contributed by atoms with Gasteiger partial charge >= 0.3 is 0 Å². The number of halogens is 3. The summed E-state index contributed by atoms with van der Waals surface area (Å²) in [6, 6.07) is 18.6. The van der Waals surface area contributed by atoms with Crippen molar-refractivity contribution in [2.45, 2.75) is 12.5 Å². The van der Waals surface area contributed by atoms with Crippen LogP contribution in [-0.2, 0) is 11.4 Å². The Bertz CT molecular complexity index is 1020. The number of fused-ring (bicyclic) bond motifs is 2. The average Bonchev–Trinajstić information content (AvgIpc) is 2.81. The number of hydrogen-bond acceptors (Lipinski definition) is 2. The zero-order valence-electron chi connectivity index (χ0n) is 14.0. The first kappa shape index (κ1) is 18.4. The van der Waals surface area contributed by atoms with E-state index in [2.05, 4.69) is 21.2 Å². The van der Waals surface area contributed by atoms with Gasteiger partial charge in [-0.2, -0.15) is 0 Å². The second-order valence-corrected chi connectivity index (χ2v) is 7.92. The molecule has 0 fully saturated rings. The molecule has 1 atom stereocenters. The zero-order valence-corrected chi connectivity index (χ0v) is 17.1. The van der Waals surface area contributed by atoms with Crippen molar-refractivity contribution in [2.24, 2.45) is 0 Å². The van der Waals surface area contributed by atoms with Gasteiger partial charge < -0.3 is 10.1 Å². The molecule has 6 heteroatoms. The maximum absolute atomic E-state index is 13.4. The van der Waals surface area contributed by atoms with Gasteiger partial charge in [0.1, 0.15) is 12.4 Å². The first-order valence-electron chi connectivity index (χ1n) is 8.29. The molecule has 3 aromatic rings. The van der Waals surface area contributed by atoms with Gasteiger partial charge in [-0.15, -0.1) is 0 Å². The maximum atomic E-state index is 13.4. The van der Waals surface area contributed by atoms with Crippen LogP contribution in [0.1, 0.15) is 22.6 Å². The minimum absolute atomic E-state index is 0.220. The molecule has 27 heavy (non-hydrogen) atoms. The number of amides is 1. The Morgan fingerprint density at radius 1 is 1.00 bits per heavy atom. The summed E-state index contributed by atoms with van der Waals surface area (Å²) in [5.41, 5.74) is 3.06. The first-order valence-corrected chi connectivity index (χ1v) is 9.84. The van der Waals surface area contributed by atoms with Gasteiger partial charge in [0.05, 0.1) is 21.7 Å². The summed E-state index contributed by atoms with van der Waals surface area (Å²) >= 11 is 16.0. The Kier molecular flexibility index (Phi) is 5.13. The number of carbonyl (C=O) groups is 1. The molecule has 1 amide bonds. The standard InChI is InChI=1S/C21H14BrCl2NO2/c22-13-8-9-18-15(10-13)19(14-5-2-1-4-12(14)11-27-18)21(26)25-20-16(23)6-3-7-17(20)24/h1-10,19H,11H2,(H,25,26). The highest BCUT2D eigenvalue weighted by Crippen LogP contribution is 2.40. The third-order valence-corrected chi connectivity index (χ3v) is 5.63. The van der Waals surface area contributed by atoms with Gasteiger partial charge in [-0.3, -0.25) is 4.79 Å². The molecule has 1 aliphatic rings. The normalized spacial score (nSPS) is 15.1. The summed E-state index contributed by atoms with van der Waals surface area (Å²) in [5, 5.41) is 3.69. The Balaban J connectivity index is 1.83. The molecule has 3 nitrogen and oxygen atoms in total. The molecular formula is C21H14BrCl2NO2. The predicted octanol–water partition coefficient (Wildman–Crippen LogP) is 6.42. The van der Waals surface area contributed by atoms with Crippen molar-refractivity contribution in [1.82, 2.24) is 0 Å². The number of rotatable bonds is 2. The lowest BCUT2D eigenvalue weighted by Gasteiger charge is -2.20. The second-order valence-electron chi connectivity index (χ2n) is 6.19. The molecule has 0 saturated heterocycles. The predicted molar refractivity (Wildman–Crippen MR) is 112 cm³/mol. The maximum Gasteiger partial charge on any atom is 0.236 e. The number of anilines is 1. The fraction of sp³-hybridized carbons (Fsp3) is 0.0952.